The Morgan fingerprint density at radius 3 is 2.52 bits per heavy atom. The Morgan fingerprint density at radius 2 is 1.88 bits per heavy atom. The van der Waals surface area contributed by atoms with Crippen LogP contribution >= 0.6 is 11.3 Å². The van der Waals surface area contributed by atoms with E-state index < -0.39 is 11.6 Å². The largest absolute Gasteiger partial charge is 0.491 e. The van der Waals surface area contributed by atoms with Crippen LogP contribution < -0.4 is 9.64 Å². The van der Waals surface area contributed by atoms with Crippen molar-refractivity contribution in [3.63, 3.8) is 0 Å². The molecule has 172 valence electrons. The van der Waals surface area contributed by atoms with Gasteiger partial charge in [0, 0.05) is 23.9 Å². The molecule has 0 saturated carbocycles. The highest BCUT2D eigenvalue weighted by Crippen LogP contribution is 2.32. The molecule has 0 aliphatic carbocycles. The molecule has 0 N–H and O–H groups in total. The lowest BCUT2D eigenvalue weighted by Gasteiger charge is -2.20. The zero-order valence-corrected chi connectivity index (χ0v) is 19.6. The highest BCUT2D eigenvalue weighted by Gasteiger charge is 2.23. The summed E-state index contributed by atoms with van der Waals surface area (Å²) in [6.45, 7) is 8.37. The van der Waals surface area contributed by atoms with Gasteiger partial charge in [-0.1, -0.05) is 11.3 Å². The van der Waals surface area contributed by atoms with E-state index in [1.54, 1.807) is 24.3 Å². The quantitative estimate of drug-likeness (QED) is 0.357. The van der Waals surface area contributed by atoms with E-state index in [4.69, 9.17) is 4.74 Å². The number of amides is 1. The van der Waals surface area contributed by atoms with Crippen molar-refractivity contribution < 1.29 is 18.3 Å². The summed E-state index contributed by atoms with van der Waals surface area (Å²) < 4.78 is 35.8. The standard InChI is InChI=1S/C24H24F2N4O2S/c1-14(2)32-19-7-5-17(6-8-19)23(31)29(9-10-30-16(4)11-15(3)28-30)24-27-22-20(26)12-18(25)13-21(22)33-24/h5-8,11-14H,9-10H2,1-4H3. The van der Waals surface area contributed by atoms with Crippen molar-refractivity contribution in [3.8, 4) is 5.75 Å². The van der Waals surface area contributed by atoms with Crippen LogP contribution in [0.5, 0.6) is 5.75 Å². The highest BCUT2D eigenvalue weighted by atomic mass is 32.1. The molecule has 0 aliphatic heterocycles. The second kappa shape index (κ2) is 9.27. The third-order valence-electron chi connectivity index (χ3n) is 4.99. The average Bonchev–Trinajstić information content (AvgIpc) is 3.30. The maximum Gasteiger partial charge on any atom is 0.260 e. The van der Waals surface area contributed by atoms with Crippen molar-refractivity contribution in [1.29, 1.82) is 0 Å². The Bertz CT molecular complexity index is 1300. The summed E-state index contributed by atoms with van der Waals surface area (Å²) >= 11 is 1.07. The van der Waals surface area contributed by atoms with Gasteiger partial charge in [-0.25, -0.2) is 13.8 Å². The average molecular weight is 471 g/mol. The van der Waals surface area contributed by atoms with Crippen molar-refractivity contribution in [1.82, 2.24) is 14.8 Å². The summed E-state index contributed by atoms with van der Waals surface area (Å²) in [6, 6.07) is 10.8. The molecule has 0 bridgehead atoms. The van der Waals surface area contributed by atoms with Gasteiger partial charge < -0.3 is 4.74 Å². The highest BCUT2D eigenvalue weighted by molar-refractivity contribution is 7.22. The van der Waals surface area contributed by atoms with Crippen molar-refractivity contribution in [2.45, 2.75) is 40.3 Å². The third kappa shape index (κ3) is 5.03. The summed E-state index contributed by atoms with van der Waals surface area (Å²) in [5, 5.41) is 4.75. The fourth-order valence-corrected chi connectivity index (χ4v) is 4.57. The molecule has 0 atom stereocenters. The normalized spacial score (nSPS) is 11.4. The van der Waals surface area contributed by atoms with E-state index in [0.717, 1.165) is 28.8 Å². The van der Waals surface area contributed by atoms with Gasteiger partial charge in [0.15, 0.2) is 10.9 Å². The number of carbonyl (C=O) groups is 1. The molecular formula is C24H24F2N4O2S. The number of rotatable bonds is 7. The van der Waals surface area contributed by atoms with Crippen LogP contribution in [0.4, 0.5) is 13.9 Å². The molecule has 0 spiro atoms. The summed E-state index contributed by atoms with van der Waals surface area (Å²) in [6.07, 6.45) is 0.0156. The maximum atomic E-state index is 14.3. The smallest absolute Gasteiger partial charge is 0.260 e. The Balaban J connectivity index is 1.68. The number of aromatic nitrogens is 3. The maximum absolute atomic E-state index is 14.3. The third-order valence-corrected chi connectivity index (χ3v) is 6.02. The summed E-state index contributed by atoms with van der Waals surface area (Å²) in [7, 11) is 0. The van der Waals surface area contributed by atoms with Crippen LogP contribution in [0, 0.1) is 25.5 Å². The number of carbonyl (C=O) groups excluding carboxylic acids is 1. The molecule has 2 heterocycles. The predicted molar refractivity (Wildman–Crippen MR) is 125 cm³/mol. The molecule has 33 heavy (non-hydrogen) atoms. The van der Waals surface area contributed by atoms with Crippen molar-refractivity contribution in [3.05, 3.63) is 71.1 Å². The van der Waals surface area contributed by atoms with Gasteiger partial charge in [0.2, 0.25) is 0 Å². The number of nitrogens with zero attached hydrogens (tertiary/aromatic N) is 4. The van der Waals surface area contributed by atoms with Gasteiger partial charge >= 0.3 is 0 Å². The van der Waals surface area contributed by atoms with Crippen LogP contribution in [0.25, 0.3) is 10.2 Å². The molecule has 4 aromatic rings. The van der Waals surface area contributed by atoms with Crippen LogP contribution in [0.3, 0.4) is 0 Å². The van der Waals surface area contributed by atoms with Crippen molar-refractivity contribution in [2.75, 3.05) is 11.4 Å². The summed E-state index contributed by atoms with van der Waals surface area (Å²) in [4.78, 5) is 19.3. The van der Waals surface area contributed by atoms with Gasteiger partial charge in [-0.2, -0.15) is 5.10 Å². The first kappa shape index (κ1) is 22.8. The van der Waals surface area contributed by atoms with Gasteiger partial charge in [-0.15, -0.1) is 0 Å². The van der Waals surface area contributed by atoms with Gasteiger partial charge in [-0.3, -0.25) is 14.4 Å². The van der Waals surface area contributed by atoms with E-state index in [0.29, 0.717) is 27.7 Å². The van der Waals surface area contributed by atoms with Crippen LogP contribution in [-0.4, -0.2) is 33.3 Å². The Morgan fingerprint density at radius 1 is 1.15 bits per heavy atom. The Labute approximate surface area is 194 Å². The number of hydrogen-bond donors (Lipinski definition) is 0. The first-order valence-corrected chi connectivity index (χ1v) is 11.4. The lowest BCUT2D eigenvalue weighted by atomic mass is 10.2. The lowest BCUT2D eigenvalue weighted by molar-refractivity contribution is 0.0985. The second-order valence-electron chi connectivity index (χ2n) is 8.03. The first-order chi connectivity index (χ1) is 15.7. The predicted octanol–water partition coefficient (Wildman–Crippen LogP) is 5.52. The molecule has 0 unspecified atom stereocenters. The molecule has 1 amide bonds. The molecule has 4 rings (SSSR count). The monoisotopic (exact) mass is 470 g/mol. The molecule has 2 aromatic heterocycles. The number of fused-ring (bicyclic) bond motifs is 1. The zero-order chi connectivity index (χ0) is 23.7. The molecule has 6 nitrogen and oxygen atoms in total. The van der Waals surface area contributed by atoms with E-state index >= 15 is 0 Å². The van der Waals surface area contributed by atoms with Crippen LogP contribution in [0.1, 0.15) is 35.6 Å². The molecule has 9 heteroatoms. The van der Waals surface area contributed by atoms with Crippen molar-refractivity contribution >= 4 is 32.6 Å². The number of benzene rings is 2. The van der Waals surface area contributed by atoms with E-state index in [-0.39, 0.29) is 24.1 Å². The molecule has 0 aliphatic rings. The second-order valence-corrected chi connectivity index (χ2v) is 9.04. The molecule has 2 aromatic carbocycles. The SMILES string of the molecule is Cc1cc(C)n(CCN(C(=O)c2ccc(OC(C)C)cc2)c2nc3c(F)cc(F)cc3s2)n1. The molecule has 0 saturated heterocycles. The number of anilines is 1. The molecule has 0 radical (unpaired) electrons. The van der Waals surface area contributed by atoms with Gasteiger partial charge in [0.25, 0.3) is 5.91 Å². The number of halogens is 2. The number of ether oxygens (including phenoxy) is 1. The van der Waals surface area contributed by atoms with Crippen molar-refractivity contribution in [2.24, 2.45) is 0 Å². The molecular weight excluding hydrogens is 446 g/mol. The summed E-state index contributed by atoms with van der Waals surface area (Å²) in [5.74, 6) is -1.08. The van der Waals surface area contributed by atoms with E-state index in [2.05, 4.69) is 10.1 Å². The lowest BCUT2D eigenvalue weighted by Crippen LogP contribution is -2.34. The van der Waals surface area contributed by atoms with Crippen LogP contribution in [0.15, 0.2) is 42.5 Å². The van der Waals surface area contributed by atoms with Gasteiger partial charge in [0.05, 0.1) is 23.0 Å². The zero-order valence-electron chi connectivity index (χ0n) is 18.8. The first-order valence-electron chi connectivity index (χ1n) is 10.6. The van der Waals surface area contributed by atoms with Gasteiger partial charge in [-0.05, 0) is 64.1 Å². The Hall–Kier alpha value is -3.33. The van der Waals surface area contributed by atoms with Crippen LogP contribution in [0.2, 0.25) is 0 Å². The van der Waals surface area contributed by atoms with E-state index in [9.17, 15) is 13.6 Å². The fourth-order valence-electron chi connectivity index (χ4n) is 3.55. The molecule has 0 fully saturated rings. The fraction of sp³-hybridized carbons (Fsp3) is 0.292. The minimum atomic E-state index is -0.756. The Kier molecular flexibility index (Phi) is 6.42. The minimum Gasteiger partial charge on any atom is -0.491 e. The van der Waals surface area contributed by atoms with Gasteiger partial charge in [0.1, 0.15) is 17.1 Å². The number of hydrogen-bond acceptors (Lipinski definition) is 5. The minimum absolute atomic E-state index is 0.0156. The number of thiazole rings is 1. The summed E-state index contributed by atoms with van der Waals surface area (Å²) in [5.41, 5.74) is 2.32. The van der Waals surface area contributed by atoms with Crippen LogP contribution in [-0.2, 0) is 6.54 Å². The topological polar surface area (TPSA) is 60.2 Å². The van der Waals surface area contributed by atoms with E-state index in [1.165, 1.54) is 11.0 Å². The van der Waals surface area contributed by atoms with E-state index in [1.807, 2.05) is 38.4 Å². The number of aryl methyl sites for hydroxylation is 2.